The number of hydrogen-bond acceptors (Lipinski definition) is 6. The number of anilines is 4. The fraction of sp³-hybridized carbons (Fsp3) is 0.333. The minimum atomic E-state index is -0.246. The van der Waals surface area contributed by atoms with Crippen LogP contribution >= 0.6 is 11.6 Å². The standard InChI is InChI=1S/C24H28ClN7O2/c1-15(33)28-20-6-4-5-7-21(20)32(3)23-13-22(26-14-27-23)31(2)17-10-11-19(18(25)12-17)30-24(34)29-16-8-9-16/h4-7,10-12,14,16,23H,8-9,13H2,1-3H3,(H,28,33)(H2,29,30,34). The summed E-state index contributed by atoms with van der Waals surface area (Å²) in [5.74, 6) is 0.682. The van der Waals surface area contributed by atoms with Gasteiger partial charge in [-0.3, -0.25) is 4.79 Å². The van der Waals surface area contributed by atoms with Crippen LogP contribution in [0, 0.1) is 0 Å². The van der Waals surface area contributed by atoms with Crippen molar-refractivity contribution in [3.8, 4) is 0 Å². The molecule has 1 aliphatic carbocycles. The lowest BCUT2D eigenvalue weighted by Gasteiger charge is -2.32. The highest BCUT2D eigenvalue weighted by molar-refractivity contribution is 6.34. The van der Waals surface area contributed by atoms with E-state index in [2.05, 4.69) is 25.9 Å². The van der Waals surface area contributed by atoms with Crippen molar-refractivity contribution in [2.75, 3.05) is 34.5 Å². The number of halogens is 1. The third-order valence-corrected chi connectivity index (χ3v) is 6.05. The largest absolute Gasteiger partial charge is 0.351 e. The van der Waals surface area contributed by atoms with Crippen molar-refractivity contribution >= 4 is 58.5 Å². The van der Waals surface area contributed by atoms with Crippen LogP contribution < -0.4 is 25.8 Å². The molecule has 1 heterocycles. The summed E-state index contributed by atoms with van der Waals surface area (Å²) in [5.41, 5.74) is 2.99. The number of nitrogens with one attached hydrogen (secondary N) is 3. The lowest BCUT2D eigenvalue weighted by molar-refractivity contribution is -0.114. The zero-order chi connectivity index (χ0) is 24.2. The average molecular weight is 482 g/mol. The van der Waals surface area contributed by atoms with Crippen molar-refractivity contribution in [1.29, 1.82) is 0 Å². The average Bonchev–Trinajstić information content (AvgIpc) is 3.63. The summed E-state index contributed by atoms with van der Waals surface area (Å²) in [4.78, 5) is 36.6. The van der Waals surface area contributed by atoms with E-state index in [1.54, 1.807) is 18.5 Å². The molecule has 10 heteroatoms. The molecule has 1 saturated carbocycles. The van der Waals surface area contributed by atoms with Crippen LogP contribution in [-0.4, -0.2) is 50.4 Å². The monoisotopic (exact) mass is 481 g/mol. The minimum Gasteiger partial charge on any atom is -0.351 e. The molecule has 3 amide bonds. The molecule has 0 radical (unpaired) electrons. The van der Waals surface area contributed by atoms with E-state index in [1.165, 1.54) is 6.92 Å². The molecule has 4 rings (SSSR count). The highest BCUT2D eigenvalue weighted by atomic mass is 35.5. The number of amides is 3. The summed E-state index contributed by atoms with van der Waals surface area (Å²) in [7, 11) is 3.86. The molecule has 0 bridgehead atoms. The number of urea groups is 1. The van der Waals surface area contributed by atoms with Gasteiger partial charge in [0.25, 0.3) is 0 Å². The highest BCUT2D eigenvalue weighted by Gasteiger charge is 2.25. The fourth-order valence-corrected chi connectivity index (χ4v) is 3.90. The first-order valence-electron chi connectivity index (χ1n) is 11.1. The Labute approximate surface area is 203 Å². The smallest absolute Gasteiger partial charge is 0.319 e. The Morgan fingerprint density at radius 2 is 1.82 bits per heavy atom. The van der Waals surface area contributed by atoms with Gasteiger partial charge in [-0.05, 0) is 43.2 Å². The van der Waals surface area contributed by atoms with Crippen LogP contribution in [0.5, 0.6) is 0 Å². The quantitative estimate of drug-likeness (QED) is 0.572. The van der Waals surface area contributed by atoms with E-state index in [9.17, 15) is 9.59 Å². The number of carbonyl (C=O) groups is 2. The Morgan fingerprint density at radius 3 is 2.53 bits per heavy atom. The molecule has 34 heavy (non-hydrogen) atoms. The number of amidine groups is 1. The van der Waals surface area contributed by atoms with Gasteiger partial charge in [0.1, 0.15) is 18.3 Å². The number of benzene rings is 2. The SMILES string of the molecule is CC(=O)Nc1ccccc1N(C)C1CC(N(C)c2ccc(NC(=O)NC3CC3)c(Cl)c2)=NC=N1. The molecule has 9 nitrogen and oxygen atoms in total. The maximum atomic E-state index is 12.0. The molecule has 1 fully saturated rings. The lowest BCUT2D eigenvalue weighted by atomic mass is 10.2. The van der Waals surface area contributed by atoms with Gasteiger partial charge in [-0.15, -0.1) is 0 Å². The molecular weight excluding hydrogens is 454 g/mol. The second-order valence-electron chi connectivity index (χ2n) is 8.40. The van der Waals surface area contributed by atoms with Gasteiger partial charge in [0.2, 0.25) is 5.91 Å². The third kappa shape index (κ3) is 5.66. The van der Waals surface area contributed by atoms with Crippen LogP contribution in [0.4, 0.5) is 27.5 Å². The Morgan fingerprint density at radius 1 is 1.06 bits per heavy atom. The fourth-order valence-electron chi connectivity index (χ4n) is 3.68. The minimum absolute atomic E-state index is 0.130. The van der Waals surface area contributed by atoms with Crippen molar-refractivity contribution in [1.82, 2.24) is 5.32 Å². The summed E-state index contributed by atoms with van der Waals surface area (Å²) in [6.45, 7) is 1.49. The first-order valence-corrected chi connectivity index (χ1v) is 11.5. The summed E-state index contributed by atoms with van der Waals surface area (Å²) in [5, 5.41) is 8.99. The molecule has 0 aromatic heterocycles. The molecule has 0 spiro atoms. The topological polar surface area (TPSA) is 101 Å². The molecule has 3 N–H and O–H groups in total. The number of carbonyl (C=O) groups excluding carboxylic acids is 2. The van der Waals surface area contributed by atoms with E-state index in [0.717, 1.165) is 35.7 Å². The highest BCUT2D eigenvalue weighted by Crippen LogP contribution is 2.31. The van der Waals surface area contributed by atoms with Gasteiger partial charge in [-0.25, -0.2) is 14.8 Å². The summed E-state index contributed by atoms with van der Waals surface area (Å²) in [6, 6.07) is 13.1. The zero-order valence-electron chi connectivity index (χ0n) is 19.4. The molecule has 1 unspecified atom stereocenters. The maximum absolute atomic E-state index is 12.0. The van der Waals surface area contributed by atoms with Crippen LogP contribution in [0.1, 0.15) is 26.2 Å². The van der Waals surface area contributed by atoms with E-state index in [0.29, 0.717) is 17.1 Å². The predicted molar refractivity (Wildman–Crippen MR) is 139 cm³/mol. The van der Waals surface area contributed by atoms with Gasteiger partial charge in [0, 0.05) is 39.2 Å². The summed E-state index contributed by atoms with van der Waals surface area (Å²) in [6.07, 6.45) is 3.94. The van der Waals surface area contributed by atoms with Crippen LogP contribution in [-0.2, 0) is 4.79 Å². The van der Waals surface area contributed by atoms with Crippen LogP contribution in [0.3, 0.4) is 0 Å². The molecule has 1 atom stereocenters. The van der Waals surface area contributed by atoms with Gasteiger partial charge in [-0.2, -0.15) is 0 Å². The third-order valence-electron chi connectivity index (χ3n) is 5.74. The number of nitrogens with zero attached hydrogens (tertiary/aromatic N) is 4. The van der Waals surface area contributed by atoms with Crippen molar-refractivity contribution in [3.05, 3.63) is 47.5 Å². The number of rotatable bonds is 6. The van der Waals surface area contributed by atoms with E-state index < -0.39 is 0 Å². The first kappa shape index (κ1) is 23.6. The molecular formula is C24H28ClN7O2. The van der Waals surface area contributed by atoms with Crippen molar-refractivity contribution in [3.63, 3.8) is 0 Å². The zero-order valence-corrected chi connectivity index (χ0v) is 20.1. The Bertz CT molecular complexity index is 1150. The second-order valence-corrected chi connectivity index (χ2v) is 8.81. The second kappa shape index (κ2) is 10.1. The number of para-hydroxylation sites is 2. The molecule has 2 aliphatic rings. The molecule has 2 aromatic carbocycles. The van der Waals surface area contributed by atoms with Crippen molar-refractivity contribution in [2.45, 2.75) is 38.4 Å². The van der Waals surface area contributed by atoms with Gasteiger partial charge in [0.05, 0.1) is 22.1 Å². The maximum Gasteiger partial charge on any atom is 0.319 e. The summed E-state index contributed by atoms with van der Waals surface area (Å²) >= 11 is 6.45. The normalized spacial score (nSPS) is 16.9. The van der Waals surface area contributed by atoms with Gasteiger partial charge in [0.15, 0.2) is 0 Å². The van der Waals surface area contributed by atoms with Crippen molar-refractivity contribution < 1.29 is 9.59 Å². The Balaban J connectivity index is 1.44. The van der Waals surface area contributed by atoms with Gasteiger partial charge in [-0.1, -0.05) is 23.7 Å². The number of aliphatic imine (C=N–C) groups is 2. The molecule has 178 valence electrons. The van der Waals surface area contributed by atoms with E-state index in [4.69, 9.17) is 11.6 Å². The molecule has 0 saturated heterocycles. The summed E-state index contributed by atoms with van der Waals surface area (Å²) < 4.78 is 0. The Hall–Kier alpha value is -3.59. The molecule has 2 aromatic rings. The number of hydrogen-bond donors (Lipinski definition) is 3. The first-order chi connectivity index (χ1) is 16.3. The predicted octanol–water partition coefficient (Wildman–Crippen LogP) is 4.31. The van der Waals surface area contributed by atoms with Crippen LogP contribution in [0.25, 0.3) is 0 Å². The van der Waals surface area contributed by atoms with Crippen LogP contribution in [0.2, 0.25) is 5.02 Å². The van der Waals surface area contributed by atoms with Crippen molar-refractivity contribution in [2.24, 2.45) is 9.98 Å². The van der Waals surface area contributed by atoms with Gasteiger partial charge >= 0.3 is 6.03 Å². The van der Waals surface area contributed by atoms with Gasteiger partial charge < -0.3 is 25.8 Å². The Kier molecular flexibility index (Phi) is 7.02. The van der Waals surface area contributed by atoms with E-state index in [1.807, 2.05) is 54.2 Å². The van der Waals surface area contributed by atoms with E-state index in [-0.39, 0.29) is 24.1 Å². The van der Waals surface area contributed by atoms with Crippen LogP contribution in [0.15, 0.2) is 52.4 Å². The molecule has 1 aliphatic heterocycles. The lowest BCUT2D eigenvalue weighted by Crippen LogP contribution is -2.39. The van der Waals surface area contributed by atoms with E-state index >= 15 is 0 Å².